The van der Waals surface area contributed by atoms with Crippen LogP contribution in [0.5, 0.6) is 0 Å². The lowest BCUT2D eigenvalue weighted by molar-refractivity contribution is -0.128. The molecule has 0 saturated carbocycles. The number of benzene rings is 1. The Balaban J connectivity index is 2.15. The highest BCUT2D eigenvalue weighted by Gasteiger charge is 2.31. The van der Waals surface area contributed by atoms with Gasteiger partial charge < -0.3 is 0 Å². The Morgan fingerprint density at radius 2 is 1.96 bits per heavy atom. The number of halogens is 3. The van der Waals surface area contributed by atoms with Crippen molar-refractivity contribution >= 4 is 5.91 Å². The van der Waals surface area contributed by atoms with Gasteiger partial charge in [0.25, 0.3) is 12.3 Å². The van der Waals surface area contributed by atoms with Gasteiger partial charge in [-0.1, -0.05) is 29.8 Å². The lowest BCUT2D eigenvalue weighted by atomic mass is 10.0. The van der Waals surface area contributed by atoms with Crippen LogP contribution in [0.1, 0.15) is 40.0 Å². The number of hydrogen-bond acceptors (Lipinski definition) is 3. The van der Waals surface area contributed by atoms with Crippen molar-refractivity contribution in [3.8, 4) is 0 Å². The van der Waals surface area contributed by atoms with Crippen LogP contribution in [-0.2, 0) is 18.3 Å². The molecule has 1 amide bonds. The Kier molecular flexibility index (Phi) is 6.79. The number of aromatic nitrogens is 2. The van der Waals surface area contributed by atoms with Crippen LogP contribution in [-0.4, -0.2) is 40.6 Å². The molecule has 0 aliphatic rings. The molecule has 1 unspecified atom stereocenters. The summed E-state index contributed by atoms with van der Waals surface area (Å²) >= 11 is 0. The number of rotatable bonds is 8. The first-order chi connectivity index (χ1) is 12.4. The van der Waals surface area contributed by atoms with Crippen LogP contribution in [0.2, 0.25) is 0 Å². The molecule has 0 radical (unpaired) electrons. The van der Waals surface area contributed by atoms with Crippen molar-refractivity contribution in [2.75, 3.05) is 13.8 Å². The number of amides is 1. The molecule has 0 N–H and O–H groups in total. The molecule has 0 saturated heterocycles. The smallest absolute Gasteiger partial charge is 0.275 e. The van der Waals surface area contributed by atoms with Crippen LogP contribution in [0.15, 0.2) is 30.5 Å². The van der Waals surface area contributed by atoms with Crippen molar-refractivity contribution in [2.24, 2.45) is 7.05 Å². The zero-order valence-electron chi connectivity index (χ0n) is 15.0. The molecular formula is C18H22F3N3O2. The van der Waals surface area contributed by atoms with E-state index in [-0.39, 0.29) is 5.56 Å². The van der Waals surface area contributed by atoms with Gasteiger partial charge in [0.1, 0.15) is 12.4 Å². The summed E-state index contributed by atoms with van der Waals surface area (Å²) in [5, 5.41) is 4.42. The summed E-state index contributed by atoms with van der Waals surface area (Å²) in [7, 11) is 2.65. The number of hydrogen-bond donors (Lipinski definition) is 0. The third-order valence-electron chi connectivity index (χ3n) is 4.09. The molecule has 0 aliphatic heterocycles. The van der Waals surface area contributed by atoms with E-state index < -0.39 is 30.7 Å². The molecule has 26 heavy (non-hydrogen) atoms. The van der Waals surface area contributed by atoms with Gasteiger partial charge in [-0.15, -0.1) is 0 Å². The van der Waals surface area contributed by atoms with Crippen molar-refractivity contribution < 1.29 is 22.8 Å². The van der Waals surface area contributed by atoms with Crippen LogP contribution >= 0.6 is 0 Å². The Morgan fingerprint density at radius 3 is 2.50 bits per heavy atom. The molecule has 5 nitrogen and oxygen atoms in total. The lowest BCUT2D eigenvalue weighted by Crippen LogP contribution is -2.41. The molecule has 142 valence electrons. The van der Waals surface area contributed by atoms with Crippen LogP contribution in [0.4, 0.5) is 13.2 Å². The topological polar surface area (TPSA) is 47.4 Å². The maximum atomic E-state index is 13.6. The van der Waals surface area contributed by atoms with E-state index in [1.54, 1.807) is 0 Å². The molecule has 0 spiro atoms. The monoisotopic (exact) mass is 369 g/mol. The Hall–Kier alpha value is -2.35. The number of nitrogens with zero attached hydrogens (tertiary/aromatic N) is 3. The maximum absolute atomic E-state index is 13.6. The number of carbonyl (C=O) groups excluding carboxylic acids is 1. The molecule has 1 atom stereocenters. The van der Waals surface area contributed by atoms with Gasteiger partial charge in [-0.25, -0.2) is 18.2 Å². The first-order valence-electron chi connectivity index (χ1n) is 8.18. The predicted molar refractivity (Wildman–Crippen MR) is 90.6 cm³/mol. The van der Waals surface area contributed by atoms with Crippen molar-refractivity contribution in [1.82, 2.24) is 14.8 Å². The maximum Gasteiger partial charge on any atom is 0.282 e. The van der Waals surface area contributed by atoms with E-state index in [0.29, 0.717) is 12.8 Å². The summed E-state index contributed by atoms with van der Waals surface area (Å²) in [6.07, 6.45) is -0.907. The van der Waals surface area contributed by atoms with Gasteiger partial charge in [0.15, 0.2) is 0 Å². The van der Waals surface area contributed by atoms with Crippen LogP contribution in [0.3, 0.4) is 0 Å². The van der Waals surface area contributed by atoms with Crippen molar-refractivity contribution in [2.45, 2.75) is 32.2 Å². The lowest BCUT2D eigenvalue weighted by Gasteiger charge is -2.27. The SMILES string of the molecule is CON(C(=O)c1cn(C)nc1C(F)F)C(CF)CCc1ccc(C)cc1. The molecule has 2 aromatic rings. The number of carbonyl (C=O) groups is 1. The van der Waals surface area contributed by atoms with Crippen LogP contribution in [0, 0.1) is 6.92 Å². The fourth-order valence-electron chi connectivity index (χ4n) is 2.69. The summed E-state index contributed by atoms with van der Waals surface area (Å²) < 4.78 is 40.9. The average molecular weight is 369 g/mol. The van der Waals surface area contributed by atoms with Gasteiger partial charge in [-0.3, -0.25) is 14.3 Å². The summed E-state index contributed by atoms with van der Waals surface area (Å²) in [6.45, 7) is 1.11. The Labute approximate surface area is 150 Å². The van der Waals surface area contributed by atoms with Gasteiger partial charge in [-0.05, 0) is 25.3 Å². The largest absolute Gasteiger partial charge is 0.282 e. The summed E-state index contributed by atoms with van der Waals surface area (Å²) in [6, 6.07) is 6.87. The van der Waals surface area contributed by atoms with E-state index in [4.69, 9.17) is 4.84 Å². The molecule has 1 aromatic heterocycles. The van der Waals surface area contributed by atoms with Gasteiger partial charge in [-0.2, -0.15) is 5.10 Å². The summed E-state index contributed by atoms with van der Waals surface area (Å²) in [5.41, 5.74) is 1.17. The molecule has 1 heterocycles. The highest BCUT2D eigenvalue weighted by atomic mass is 19.3. The van der Waals surface area contributed by atoms with Crippen molar-refractivity contribution in [3.05, 3.63) is 52.8 Å². The van der Waals surface area contributed by atoms with Crippen molar-refractivity contribution in [1.29, 1.82) is 0 Å². The number of alkyl halides is 3. The van der Waals surface area contributed by atoms with E-state index in [1.165, 1.54) is 20.4 Å². The normalized spacial score (nSPS) is 12.4. The average Bonchev–Trinajstić information content (AvgIpc) is 3.01. The van der Waals surface area contributed by atoms with Gasteiger partial charge in [0.05, 0.1) is 18.7 Å². The van der Waals surface area contributed by atoms with E-state index in [0.717, 1.165) is 20.9 Å². The second kappa shape index (κ2) is 8.84. The van der Waals surface area contributed by atoms with Gasteiger partial charge >= 0.3 is 0 Å². The molecule has 2 rings (SSSR count). The molecule has 0 bridgehead atoms. The van der Waals surface area contributed by atoms with E-state index in [9.17, 15) is 18.0 Å². The molecule has 0 fully saturated rings. The Bertz CT molecular complexity index is 732. The molecule has 0 aliphatic carbocycles. The number of aryl methyl sites for hydroxylation is 3. The van der Waals surface area contributed by atoms with E-state index in [1.807, 2.05) is 31.2 Å². The quantitative estimate of drug-likeness (QED) is 0.668. The first-order valence-corrected chi connectivity index (χ1v) is 8.18. The van der Waals surface area contributed by atoms with Crippen LogP contribution in [0.25, 0.3) is 0 Å². The third-order valence-corrected chi connectivity index (χ3v) is 4.09. The molecule has 8 heteroatoms. The molecule has 1 aromatic carbocycles. The fourth-order valence-corrected chi connectivity index (χ4v) is 2.69. The minimum atomic E-state index is -2.91. The zero-order valence-corrected chi connectivity index (χ0v) is 15.0. The first kappa shape index (κ1) is 20.0. The Morgan fingerprint density at radius 1 is 1.31 bits per heavy atom. The van der Waals surface area contributed by atoms with Crippen LogP contribution < -0.4 is 0 Å². The van der Waals surface area contributed by atoms with E-state index in [2.05, 4.69) is 5.10 Å². The van der Waals surface area contributed by atoms with E-state index >= 15 is 0 Å². The zero-order chi connectivity index (χ0) is 19.3. The predicted octanol–water partition coefficient (Wildman–Crippen LogP) is 3.64. The summed E-state index contributed by atoms with van der Waals surface area (Å²) in [4.78, 5) is 17.7. The second-order valence-electron chi connectivity index (χ2n) is 6.05. The van der Waals surface area contributed by atoms with Gasteiger partial charge in [0, 0.05) is 13.2 Å². The minimum absolute atomic E-state index is 0.293. The van der Waals surface area contributed by atoms with Crippen molar-refractivity contribution in [3.63, 3.8) is 0 Å². The standard InChI is InChI=1S/C18H22F3N3O2/c1-12-4-6-13(7-5-12)8-9-14(10-19)24(26-3)18(25)15-11-23(2)22-16(15)17(20)21/h4-7,11,14,17H,8-10H2,1-3H3. The number of hydroxylamine groups is 2. The second-order valence-corrected chi connectivity index (χ2v) is 6.05. The summed E-state index contributed by atoms with van der Waals surface area (Å²) in [5.74, 6) is -0.831. The minimum Gasteiger partial charge on any atom is -0.275 e. The molecular weight excluding hydrogens is 347 g/mol. The highest BCUT2D eigenvalue weighted by Crippen LogP contribution is 2.24. The highest BCUT2D eigenvalue weighted by molar-refractivity contribution is 5.94. The fraction of sp³-hybridized carbons (Fsp3) is 0.444. The van der Waals surface area contributed by atoms with Gasteiger partial charge in [0.2, 0.25) is 0 Å². The third kappa shape index (κ3) is 4.63.